The van der Waals surface area contributed by atoms with E-state index in [4.69, 9.17) is 0 Å². The summed E-state index contributed by atoms with van der Waals surface area (Å²) in [5.74, 6) is 0. The highest BCUT2D eigenvalue weighted by Gasteiger charge is 2.40. The molecule has 0 amide bonds. The monoisotopic (exact) mass is 156 g/mol. The second kappa shape index (κ2) is 3.14. The molecule has 1 saturated heterocycles. The number of hydrogen-bond acceptors (Lipinski definition) is 0. The van der Waals surface area contributed by atoms with Gasteiger partial charge in [0.2, 0.25) is 0 Å². The Bertz CT molecular complexity index is 115. The number of rotatable bonds is 2. The molecule has 0 radical (unpaired) electrons. The van der Waals surface area contributed by atoms with Gasteiger partial charge in [0.1, 0.15) is 0 Å². The number of quaternary nitrogens is 1. The highest BCUT2D eigenvalue weighted by Crippen LogP contribution is 2.32. The van der Waals surface area contributed by atoms with Crippen molar-refractivity contribution in [3.05, 3.63) is 0 Å². The highest BCUT2D eigenvalue weighted by molar-refractivity contribution is 4.72. The predicted octanol–water partition coefficient (Wildman–Crippen LogP) is 2.41. The largest absolute Gasteiger partial charge is 0.324 e. The molecule has 0 aromatic rings. The van der Waals surface area contributed by atoms with Gasteiger partial charge in [-0.1, -0.05) is 13.8 Å². The van der Waals surface area contributed by atoms with Gasteiger partial charge in [-0.05, 0) is 12.8 Å². The summed E-state index contributed by atoms with van der Waals surface area (Å²) in [5.41, 5.74) is 0. The Morgan fingerprint density at radius 1 is 1.00 bits per heavy atom. The van der Waals surface area contributed by atoms with Crippen LogP contribution in [-0.2, 0) is 0 Å². The van der Waals surface area contributed by atoms with Gasteiger partial charge in [0.25, 0.3) is 0 Å². The average molecular weight is 156 g/mol. The Morgan fingerprint density at radius 3 is 1.55 bits per heavy atom. The van der Waals surface area contributed by atoms with Crippen LogP contribution in [0, 0.1) is 0 Å². The van der Waals surface area contributed by atoms with Crippen LogP contribution >= 0.6 is 0 Å². The molecule has 0 saturated carbocycles. The molecule has 0 bridgehead atoms. The molecule has 1 heterocycles. The first-order chi connectivity index (χ1) is 5.12. The van der Waals surface area contributed by atoms with E-state index in [0.717, 1.165) is 12.1 Å². The zero-order chi connectivity index (χ0) is 8.48. The van der Waals surface area contributed by atoms with E-state index >= 15 is 0 Å². The van der Waals surface area contributed by atoms with Crippen molar-refractivity contribution in [1.82, 2.24) is 0 Å². The van der Waals surface area contributed by atoms with Crippen molar-refractivity contribution in [2.45, 2.75) is 51.6 Å². The van der Waals surface area contributed by atoms with Gasteiger partial charge in [0.15, 0.2) is 0 Å². The maximum atomic E-state index is 2.40. The lowest BCUT2D eigenvalue weighted by molar-refractivity contribution is -0.925. The van der Waals surface area contributed by atoms with Gasteiger partial charge < -0.3 is 4.48 Å². The number of likely N-dealkylation sites (tertiary alicyclic amines) is 1. The van der Waals surface area contributed by atoms with Gasteiger partial charge in [-0.25, -0.2) is 0 Å². The summed E-state index contributed by atoms with van der Waals surface area (Å²) in [5, 5.41) is 0. The lowest BCUT2D eigenvalue weighted by Crippen LogP contribution is -2.49. The van der Waals surface area contributed by atoms with E-state index in [2.05, 4.69) is 27.9 Å². The second-order valence-corrected chi connectivity index (χ2v) is 4.33. The molecule has 0 spiro atoms. The Hall–Kier alpha value is -0.0400. The zero-order valence-corrected chi connectivity index (χ0v) is 8.43. The van der Waals surface area contributed by atoms with Gasteiger partial charge in [-0.3, -0.25) is 0 Å². The van der Waals surface area contributed by atoms with Crippen LogP contribution in [0.25, 0.3) is 0 Å². The number of hydrogen-bond donors (Lipinski definition) is 0. The normalized spacial score (nSPS) is 36.0. The summed E-state index contributed by atoms with van der Waals surface area (Å²) in [6.45, 7) is 4.64. The topological polar surface area (TPSA) is 0 Å². The molecule has 1 aliphatic heterocycles. The van der Waals surface area contributed by atoms with Crippen molar-refractivity contribution in [1.29, 1.82) is 0 Å². The first kappa shape index (κ1) is 9.05. The molecule has 1 fully saturated rings. The Morgan fingerprint density at radius 2 is 1.36 bits per heavy atom. The van der Waals surface area contributed by atoms with Gasteiger partial charge in [0.05, 0.1) is 26.2 Å². The van der Waals surface area contributed by atoms with E-state index in [1.807, 2.05) is 0 Å². The van der Waals surface area contributed by atoms with Crippen LogP contribution in [0.5, 0.6) is 0 Å². The van der Waals surface area contributed by atoms with Crippen molar-refractivity contribution in [3.8, 4) is 0 Å². The molecule has 0 N–H and O–H groups in total. The Labute approximate surface area is 71.0 Å². The summed E-state index contributed by atoms with van der Waals surface area (Å²) in [7, 11) is 4.80. The molecule has 1 heteroatoms. The lowest BCUT2D eigenvalue weighted by Gasteiger charge is -2.36. The minimum atomic E-state index is 0.931. The predicted molar refractivity (Wildman–Crippen MR) is 49.5 cm³/mol. The summed E-state index contributed by atoms with van der Waals surface area (Å²) < 4.78 is 1.27. The van der Waals surface area contributed by atoms with Crippen molar-refractivity contribution < 1.29 is 4.48 Å². The van der Waals surface area contributed by atoms with E-state index in [0.29, 0.717) is 0 Å². The van der Waals surface area contributed by atoms with E-state index in [-0.39, 0.29) is 0 Å². The first-order valence-electron chi connectivity index (χ1n) is 4.96. The molecule has 1 rings (SSSR count). The van der Waals surface area contributed by atoms with Crippen LogP contribution in [0.2, 0.25) is 0 Å². The SMILES string of the molecule is CCC1CCC(CC)[N+]1(C)C. The molecule has 11 heavy (non-hydrogen) atoms. The van der Waals surface area contributed by atoms with Crippen molar-refractivity contribution >= 4 is 0 Å². The van der Waals surface area contributed by atoms with Crippen LogP contribution in [0.15, 0.2) is 0 Å². The van der Waals surface area contributed by atoms with Crippen LogP contribution in [0.1, 0.15) is 39.5 Å². The fourth-order valence-electron chi connectivity index (χ4n) is 2.70. The van der Waals surface area contributed by atoms with E-state index in [1.54, 1.807) is 0 Å². The first-order valence-corrected chi connectivity index (χ1v) is 4.96. The highest BCUT2D eigenvalue weighted by atomic mass is 15.4. The van der Waals surface area contributed by atoms with Crippen LogP contribution in [-0.4, -0.2) is 30.7 Å². The summed E-state index contributed by atoms with van der Waals surface area (Å²) in [6.07, 6.45) is 5.59. The smallest absolute Gasteiger partial charge is 0.0887 e. The van der Waals surface area contributed by atoms with Crippen molar-refractivity contribution in [2.75, 3.05) is 14.1 Å². The van der Waals surface area contributed by atoms with E-state index < -0.39 is 0 Å². The minimum Gasteiger partial charge on any atom is -0.324 e. The van der Waals surface area contributed by atoms with Crippen molar-refractivity contribution in [3.63, 3.8) is 0 Å². The molecule has 66 valence electrons. The fraction of sp³-hybridized carbons (Fsp3) is 1.00. The molecular weight excluding hydrogens is 134 g/mol. The van der Waals surface area contributed by atoms with Gasteiger partial charge in [0, 0.05) is 12.8 Å². The summed E-state index contributed by atoms with van der Waals surface area (Å²) in [4.78, 5) is 0. The van der Waals surface area contributed by atoms with Crippen molar-refractivity contribution in [2.24, 2.45) is 0 Å². The van der Waals surface area contributed by atoms with Gasteiger partial charge >= 0.3 is 0 Å². The fourth-order valence-corrected chi connectivity index (χ4v) is 2.70. The van der Waals surface area contributed by atoms with E-state index in [1.165, 1.54) is 30.2 Å². The molecule has 0 aromatic heterocycles. The molecule has 2 unspecified atom stereocenters. The summed E-state index contributed by atoms with van der Waals surface area (Å²) in [6, 6.07) is 1.86. The quantitative estimate of drug-likeness (QED) is 0.539. The maximum absolute atomic E-state index is 2.40. The van der Waals surface area contributed by atoms with Crippen LogP contribution in [0.3, 0.4) is 0 Å². The standard InChI is InChI=1S/C10H22N/c1-5-9-7-8-10(6-2)11(9,3)4/h9-10H,5-8H2,1-4H3/q+1. The molecule has 1 aliphatic rings. The third-order valence-corrected chi connectivity index (χ3v) is 3.66. The molecule has 0 aromatic carbocycles. The second-order valence-electron chi connectivity index (χ2n) is 4.33. The molecular formula is C10H22N+. The number of nitrogens with zero attached hydrogens (tertiary/aromatic N) is 1. The third kappa shape index (κ3) is 1.44. The average Bonchev–Trinajstić information content (AvgIpc) is 2.24. The maximum Gasteiger partial charge on any atom is 0.0887 e. The Kier molecular flexibility index (Phi) is 2.58. The summed E-state index contributed by atoms with van der Waals surface area (Å²) >= 11 is 0. The van der Waals surface area contributed by atoms with Gasteiger partial charge in [-0.2, -0.15) is 0 Å². The lowest BCUT2D eigenvalue weighted by atomic mass is 10.1. The molecule has 0 aliphatic carbocycles. The minimum absolute atomic E-state index is 0.931. The van der Waals surface area contributed by atoms with Crippen LogP contribution < -0.4 is 0 Å². The Balaban J connectivity index is 2.64. The third-order valence-electron chi connectivity index (χ3n) is 3.66. The zero-order valence-electron chi connectivity index (χ0n) is 8.43. The van der Waals surface area contributed by atoms with Gasteiger partial charge in [-0.15, -0.1) is 0 Å². The van der Waals surface area contributed by atoms with Crippen LogP contribution in [0.4, 0.5) is 0 Å². The van der Waals surface area contributed by atoms with E-state index in [9.17, 15) is 0 Å². The molecule has 1 nitrogen and oxygen atoms in total. The molecule has 2 atom stereocenters.